The van der Waals surface area contributed by atoms with E-state index in [1.807, 2.05) is 6.20 Å². The maximum atomic E-state index is 6.31. The molecule has 0 aliphatic heterocycles. The minimum absolute atomic E-state index is 0.317. The number of nitrogens with one attached hydrogen (secondary N) is 2. The number of nitrogens with zero attached hydrogens (tertiary/aromatic N) is 1. The van der Waals surface area contributed by atoms with E-state index < -0.39 is 0 Å². The fourth-order valence-corrected chi connectivity index (χ4v) is 3.69. The standard InChI is InChI=1S/C21H25N3O/c1-15-19-14-23-24-20(19)11-12-21(15)25-18-9-7-17(8-10-18)22-13-16-5-3-2-4-6-16/h2-6,11-12,14,17-18,22H,7-10,13H2,1H3,(H,23,24)/t17-,18+. The first-order valence-corrected chi connectivity index (χ1v) is 9.16. The van der Waals surface area contributed by atoms with Gasteiger partial charge in [0.25, 0.3) is 0 Å². The Kier molecular flexibility index (Phi) is 4.70. The molecule has 0 bridgehead atoms. The minimum Gasteiger partial charge on any atom is -0.490 e. The summed E-state index contributed by atoms with van der Waals surface area (Å²) in [6.07, 6.45) is 6.75. The van der Waals surface area contributed by atoms with Crippen molar-refractivity contribution < 1.29 is 4.74 Å². The van der Waals surface area contributed by atoms with E-state index in [1.165, 1.54) is 24.0 Å². The lowest BCUT2D eigenvalue weighted by atomic mass is 9.92. The number of hydrogen-bond acceptors (Lipinski definition) is 3. The summed E-state index contributed by atoms with van der Waals surface area (Å²) in [5.41, 5.74) is 3.60. The van der Waals surface area contributed by atoms with Crippen LogP contribution in [-0.4, -0.2) is 22.3 Å². The van der Waals surface area contributed by atoms with Crippen molar-refractivity contribution in [1.29, 1.82) is 0 Å². The van der Waals surface area contributed by atoms with Crippen LogP contribution in [0.3, 0.4) is 0 Å². The van der Waals surface area contributed by atoms with Crippen molar-refractivity contribution in [2.24, 2.45) is 0 Å². The molecular formula is C21H25N3O. The van der Waals surface area contributed by atoms with Crippen molar-refractivity contribution in [3.05, 3.63) is 59.8 Å². The minimum atomic E-state index is 0.317. The van der Waals surface area contributed by atoms with Gasteiger partial charge in [-0.25, -0.2) is 0 Å². The highest BCUT2D eigenvalue weighted by Crippen LogP contribution is 2.30. The quantitative estimate of drug-likeness (QED) is 0.729. The van der Waals surface area contributed by atoms with Crippen LogP contribution in [0.5, 0.6) is 5.75 Å². The molecule has 3 aromatic rings. The van der Waals surface area contributed by atoms with Gasteiger partial charge in [-0.2, -0.15) is 5.10 Å². The third kappa shape index (κ3) is 3.69. The number of aromatic amines is 1. The first-order valence-electron chi connectivity index (χ1n) is 9.16. The lowest BCUT2D eigenvalue weighted by molar-refractivity contribution is 0.138. The molecule has 130 valence electrons. The molecule has 0 amide bonds. The predicted octanol–water partition coefficient (Wildman–Crippen LogP) is 4.35. The Hall–Kier alpha value is -2.33. The molecule has 0 saturated heterocycles. The highest BCUT2D eigenvalue weighted by atomic mass is 16.5. The Morgan fingerprint density at radius 3 is 2.68 bits per heavy atom. The zero-order valence-electron chi connectivity index (χ0n) is 14.7. The molecule has 0 atom stereocenters. The Labute approximate surface area is 148 Å². The van der Waals surface area contributed by atoms with Gasteiger partial charge in [0.15, 0.2) is 0 Å². The zero-order chi connectivity index (χ0) is 17.1. The number of fused-ring (bicyclic) bond motifs is 1. The van der Waals surface area contributed by atoms with Crippen LogP contribution in [0.2, 0.25) is 0 Å². The maximum Gasteiger partial charge on any atom is 0.123 e. The average Bonchev–Trinajstić information content (AvgIpc) is 3.14. The van der Waals surface area contributed by atoms with E-state index in [0.29, 0.717) is 12.1 Å². The molecule has 2 aromatic carbocycles. The molecule has 1 aromatic heterocycles. The van der Waals surface area contributed by atoms with Crippen molar-refractivity contribution in [3.63, 3.8) is 0 Å². The van der Waals surface area contributed by atoms with E-state index in [2.05, 4.69) is 64.9 Å². The molecule has 4 rings (SSSR count). The Morgan fingerprint density at radius 1 is 1.08 bits per heavy atom. The van der Waals surface area contributed by atoms with Gasteiger partial charge in [0.05, 0.1) is 17.8 Å². The average molecular weight is 335 g/mol. The molecule has 4 nitrogen and oxygen atoms in total. The van der Waals surface area contributed by atoms with E-state index in [0.717, 1.165) is 36.0 Å². The monoisotopic (exact) mass is 335 g/mol. The molecule has 1 fully saturated rings. The number of H-pyrrole nitrogens is 1. The molecule has 1 aliphatic carbocycles. The molecule has 4 heteroatoms. The summed E-state index contributed by atoms with van der Waals surface area (Å²) in [5.74, 6) is 0.995. The van der Waals surface area contributed by atoms with Crippen molar-refractivity contribution in [3.8, 4) is 5.75 Å². The summed E-state index contributed by atoms with van der Waals surface area (Å²) in [5, 5.41) is 12.0. The van der Waals surface area contributed by atoms with Gasteiger partial charge in [0.1, 0.15) is 5.75 Å². The largest absolute Gasteiger partial charge is 0.490 e. The molecular weight excluding hydrogens is 310 g/mol. The van der Waals surface area contributed by atoms with Gasteiger partial charge in [-0.1, -0.05) is 30.3 Å². The van der Waals surface area contributed by atoms with E-state index in [9.17, 15) is 0 Å². The van der Waals surface area contributed by atoms with Crippen molar-refractivity contribution in [2.75, 3.05) is 0 Å². The number of aromatic nitrogens is 2. The van der Waals surface area contributed by atoms with Gasteiger partial charge in [0, 0.05) is 23.5 Å². The van der Waals surface area contributed by atoms with Crippen LogP contribution in [0.1, 0.15) is 36.8 Å². The Balaban J connectivity index is 1.30. The van der Waals surface area contributed by atoms with E-state index in [4.69, 9.17) is 4.74 Å². The SMILES string of the molecule is Cc1c(O[C@H]2CC[C@@H](NCc3ccccc3)CC2)ccc2[nH]ncc12. The van der Waals surface area contributed by atoms with Crippen molar-refractivity contribution in [2.45, 2.75) is 51.3 Å². The lowest BCUT2D eigenvalue weighted by Gasteiger charge is -2.30. The van der Waals surface area contributed by atoms with Crippen molar-refractivity contribution >= 4 is 10.9 Å². The molecule has 1 heterocycles. The van der Waals surface area contributed by atoms with Gasteiger partial charge < -0.3 is 10.1 Å². The van der Waals surface area contributed by atoms with Gasteiger partial charge in [-0.3, -0.25) is 5.10 Å². The number of benzene rings is 2. The van der Waals surface area contributed by atoms with E-state index in [1.54, 1.807) is 0 Å². The van der Waals surface area contributed by atoms with Crippen LogP contribution >= 0.6 is 0 Å². The number of ether oxygens (including phenoxy) is 1. The molecule has 0 unspecified atom stereocenters. The van der Waals surface area contributed by atoms with Crippen LogP contribution in [0.15, 0.2) is 48.7 Å². The summed E-state index contributed by atoms with van der Waals surface area (Å²) in [4.78, 5) is 0. The van der Waals surface area contributed by atoms with E-state index in [-0.39, 0.29) is 0 Å². The Morgan fingerprint density at radius 2 is 1.88 bits per heavy atom. The topological polar surface area (TPSA) is 49.9 Å². The van der Waals surface area contributed by atoms with Gasteiger partial charge in [-0.15, -0.1) is 0 Å². The van der Waals surface area contributed by atoms with Gasteiger partial charge >= 0.3 is 0 Å². The zero-order valence-corrected chi connectivity index (χ0v) is 14.7. The molecule has 1 saturated carbocycles. The third-order valence-electron chi connectivity index (χ3n) is 5.25. The first kappa shape index (κ1) is 16.2. The predicted molar refractivity (Wildman–Crippen MR) is 101 cm³/mol. The fourth-order valence-electron chi connectivity index (χ4n) is 3.69. The normalized spacial score (nSPS) is 20.7. The second-order valence-electron chi connectivity index (χ2n) is 6.98. The van der Waals surface area contributed by atoms with Crippen LogP contribution in [0.25, 0.3) is 10.9 Å². The van der Waals surface area contributed by atoms with Crippen LogP contribution in [-0.2, 0) is 6.54 Å². The van der Waals surface area contributed by atoms with Gasteiger partial charge in [-0.05, 0) is 50.3 Å². The summed E-state index contributed by atoms with van der Waals surface area (Å²) in [6.45, 7) is 3.06. The smallest absolute Gasteiger partial charge is 0.123 e. The summed E-state index contributed by atoms with van der Waals surface area (Å²) < 4.78 is 6.31. The highest BCUT2D eigenvalue weighted by Gasteiger charge is 2.22. The van der Waals surface area contributed by atoms with Crippen LogP contribution in [0, 0.1) is 6.92 Å². The summed E-state index contributed by atoms with van der Waals surface area (Å²) in [7, 11) is 0. The molecule has 0 radical (unpaired) electrons. The second-order valence-corrected chi connectivity index (χ2v) is 6.98. The highest BCUT2D eigenvalue weighted by molar-refractivity contribution is 5.83. The van der Waals surface area contributed by atoms with Crippen LogP contribution in [0.4, 0.5) is 0 Å². The first-order chi connectivity index (χ1) is 12.3. The van der Waals surface area contributed by atoms with Crippen molar-refractivity contribution in [1.82, 2.24) is 15.5 Å². The summed E-state index contributed by atoms with van der Waals surface area (Å²) >= 11 is 0. The number of hydrogen-bond donors (Lipinski definition) is 2. The third-order valence-corrected chi connectivity index (χ3v) is 5.25. The summed E-state index contributed by atoms with van der Waals surface area (Å²) in [6, 6.07) is 15.3. The fraction of sp³-hybridized carbons (Fsp3) is 0.381. The number of rotatable bonds is 5. The maximum absolute atomic E-state index is 6.31. The van der Waals surface area contributed by atoms with Crippen LogP contribution < -0.4 is 10.1 Å². The molecule has 2 N–H and O–H groups in total. The van der Waals surface area contributed by atoms with E-state index >= 15 is 0 Å². The molecule has 1 aliphatic rings. The molecule has 0 spiro atoms. The number of aryl methyl sites for hydroxylation is 1. The Bertz CT molecular complexity index is 820. The molecule has 25 heavy (non-hydrogen) atoms. The van der Waals surface area contributed by atoms with Gasteiger partial charge in [0.2, 0.25) is 0 Å². The second kappa shape index (κ2) is 7.28. The lowest BCUT2D eigenvalue weighted by Crippen LogP contribution is -2.36.